The maximum Gasteiger partial charge on any atom is 0.162 e. The van der Waals surface area contributed by atoms with E-state index in [1.165, 1.54) is 38.9 Å². The predicted molar refractivity (Wildman–Crippen MR) is 82.2 cm³/mol. The van der Waals surface area contributed by atoms with Crippen molar-refractivity contribution in [3.8, 4) is 0 Å². The first-order chi connectivity index (χ1) is 8.86. The van der Waals surface area contributed by atoms with Crippen molar-refractivity contribution in [1.29, 1.82) is 0 Å². The molecule has 1 fully saturated rings. The lowest BCUT2D eigenvalue weighted by molar-refractivity contribution is 0.0977. The van der Waals surface area contributed by atoms with Gasteiger partial charge in [0.25, 0.3) is 0 Å². The van der Waals surface area contributed by atoms with Gasteiger partial charge in [-0.1, -0.05) is 36.8 Å². The number of Topliss-reactive ketones (excluding diaryl/α,β-unsaturated/α-hetero) is 1. The molecule has 2 nitrogen and oxygen atoms in total. The second-order valence-electron chi connectivity index (χ2n) is 5.15. The van der Waals surface area contributed by atoms with Crippen LogP contribution in [0.5, 0.6) is 0 Å². The molecule has 1 aliphatic heterocycles. The van der Waals surface area contributed by atoms with Gasteiger partial charge in [-0.2, -0.15) is 0 Å². The van der Waals surface area contributed by atoms with Gasteiger partial charge in [0.1, 0.15) is 0 Å². The number of carbonyl (C=O) groups is 1. The van der Waals surface area contributed by atoms with Crippen LogP contribution < -0.4 is 0 Å². The minimum absolute atomic E-state index is 0. The molecular formula is C16H24ClNO. The molecule has 0 amide bonds. The maximum absolute atomic E-state index is 11.9. The number of carbonyl (C=O) groups excluding carboxylic acids is 1. The molecule has 0 saturated carbocycles. The molecule has 0 radical (unpaired) electrons. The molecule has 0 atom stereocenters. The van der Waals surface area contributed by atoms with Gasteiger partial charge in [-0.25, -0.2) is 0 Å². The van der Waals surface area contributed by atoms with Gasteiger partial charge in [0.05, 0.1) is 0 Å². The van der Waals surface area contributed by atoms with Gasteiger partial charge in [0.2, 0.25) is 0 Å². The molecule has 2 rings (SSSR count). The molecule has 1 saturated heterocycles. The quantitative estimate of drug-likeness (QED) is 0.581. The number of hydrogen-bond acceptors (Lipinski definition) is 2. The molecule has 19 heavy (non-hydrogen) atoms. The fraction of sp³-hybridized carbons (Fsp3) is 0.562. The van der Waals surface area contributed by atoms with Gasteiger partial charge in [-0.05, 0) is 45.3 Å². The molecule has 0 aliphatic carbocycles. The molecule has 0 N–H and O–H groups in total. The first kappa shape index (κ1) is 16.2. The summed E-state index contributed by atoms with van der Waals surface area (Å²) in [5.41, 5.74) is 0.857. The zero-order chi connectivity index (χ0) is 12.6. The Bertz CT molecular complexity index is 360. The van der Waals surface area contributed by atoms with E-state index in [1.54, 1.807) is 0 Å². The van der Waals surface area contributed by atoms with Crippen LogP contribution in [0.15, 0.2) is 30.3 Å². The minimum Gasteiger partial charge on any atom is -0.303 e. The monoisotopic (exact) mass is 281 g/mol. The molecule has 1 aromatic carbocycles. The lowest BCUT2D eigenvalue weighted by Gasteiger charge is -2.26. The molecule has 0 aromatic heterocycles. The lowest BCUT2D eigenvalue weighted by Crippen LogP contribution is -2.30. The highest BCUT2D eigenvalue weighted by Gasteiger charge is 2.10. The van der Waals surface area contributed by atoms with Gasteiger partial charge in [0, 0.05) is 12.0 Å². The van der Waals surface area contributed by atoms with Crippen molar-refractivity contribution in [2.24, 2.45) is 0 Å². The number of rotatable bonds is 6. The third-order valence-electron chi connectivity index (χ3n) is 3.67. The summed E-state index contributed by atoms with van der Waals surface area (Å²) in [6.45, 7) is 3.68. The highest BCUT2D eigenvalue weighted by Crippen LogP contribution is 2.11. The van der Waals surface area contributed by atoms with Gasteiger partial charge < -0.3 is 4.90 Å². The number of halogens is 1. The molecule has 3 heteroatoms. The number of likely N-dealkylation sites (tertiary alicyclic amines) is 1. The maximum atomic E-state index is 11.9. The molecule has 1 heterocycles. The zero-order valence-corrected chi connectivity index (χ0v) is 12.3. The SMILES string of the molecule is Cl.O=C(CCCCN1CCCCC1)c1ccccc1. The molecule has 0 spiro atoms. The van der Waals surface area contributed by atoms with E-state index in [1.807, 2.05) is 30.3 Å². The highest BCUT2D eigenvalue weighted by molar-refractivity contribution is 5.95. The van der Waals surface area contributed by atoms with Crippen LogP contribution in [-0.2, 0) is 0 Å². The third kappa shape index (κ3) is 5.75. The summed E-state index contributed by atoms with van der Waals surface area (Å²) in [6, 6.07) is 9.63. The minimum atomic E-state index is 0. The first-order valence-corrected chi connectivity index (χ1v) is 7.17. The predicted octanol–water partition coefficient (Wildman–Crippen LogP) is 3.95. The molecule has 1 aliphatic rings. The van der Waals surface area contributed by atoms with Crippen LogP contribution in [0.3, 0.4) is 0 Å². The number of nitrogens with zero attached hydrogens (tertiary/aromatic N) is 1. The third-order valence-corrected chi connectivity index (χ3v) is 3.67. The van der Waals surface area contributed by atoms with Crippen LogP contribution in [-0.4, -0.2) is 30.3 Å². The zero-order valence-electron chi connectivity index (χ0n) is 11.5. The smallest absolute Gasteiger partial charge is 0.162 e. The van der Waals surface area contributed by atoms with E-state index in [4.69, 9.17) is 0 Å². The van der Waals surface area contributed by atoms with Crippen LogP contribution >= 0.6 is 12.4 Å². The van der Waals surface area contributed by atoms with Gasteiger partial charge in [-0.15, -0.1) is 12.4 Å². The van der Waals surface area contributed by atoms with Crippen molar-refractivity contribution in [1.82, 2.24) is 4.90 Å². The Morgan fingerprint density at radius 1 is 1.00 bits per heavy atom. The Balaban J connectivity index is 0.00000180. The number of piperidine rings is 1. The van der Waals surface area contributed by atoms with Crippen molar-refractivity contribution < 1.29 is 4.79 Å². The molecular weight excluding hydrogens is 258 g/mol. The Morgan fingerprint density at radius 2 is 1.68 bits per heavy atom. The van der Waals surface area contributed by atoms with Crippen LogP contribution in [0.1, 0.15) is 48.9 Å². The largest absolute Gasteiger partial charge is 0.303 e. The van der Waals surface area contributed by atoms with Crippen molar-refractivity contribution >= 4 is 18.2 Å². The van der Waals surface area contributed by atoms with E-state index in [-0.39, 0.29) is 18.2 Å². The summed E-state index contributed by atoms with van der Waals surface area (Å²) in [6.07, 6.45) is 6.95. The summed E-state index contributed by atoms with van der Waals surface area (Å²) in [4.78, 5) is 14.4. The molecule has 0 bridgehead atoms. The standard InChI is InChI=1S/C16H23NO.ClH/c18-16(15-9-3-1-4-10-15)11-5-8-14-17-12-6-2-7-13-17;/h1,3-4,9-10H,2,5-8,11-14H2;1H. The van der Waals surface area contributed by atoms with Crippen molar-refractivity contribution in [2.75, 3.05) is 19.6 Å². The van der Waals surface area contributed by atoms with E-state index in [2.05, 4.69) is 4.90 Å². The Kier molecular flexibility index (Phi) is 7.76. The fourth-order valence-corrected chi connectivity index (χ4v) is 2.57. The van der Waals surface area contributed by atoms with Crippen LogP contribution in [0.2, 0.25) is 0 Å². The molecule has 0 unspecified atom stereocenters. The summed E-state index contributed by atoms with van der Waals surface area (Å²) in [7, 11) is 0. The summed E-state index contributed by atoms with van der Waals surface area (Å²) in [5.74, 6) is 0.286. The lowest BCUT2D eigenvalue weighted by atomic mass is 10.1. The van der Waals surface area contributed by atoms with E-state index in [9.17, 15) is 4.79 Å². The molecule has 106 valence electrons. The summed E-state index contributed by atoms with van der Waals surface area (Å²) >= 11 is 0. The highest BCUT2D eigenvalue weighted by atomic mass is 35.5. The van der Waals surface area contributed by atoms with Crippen LogP contribution in [0, 0.1) is 0 Å². The molecule has 1 aromatic rings. The number of unbranched alkanes of at least 4 members (excludes halogenated alkanes) is 1. The average Bonchev–Trinajstić information content (AvgIpc) is 2.45. The topological polar surface area (TPSA) is 20.3 Å². The summed E-state index contributed by atoms with van der Waals surface area (Å²) < 4.78 is 0. The Hall–Kier alpha value is -0.860. The summed E-state index contributed by atoms with van der Waals surface area (Å²) in [5, 5.41) is 0. The van der Waals surface area contributed by atoms with Crippen LogP contribution in [0.25, 0.3) is 0 Å². The van der Waals surface area contributed by atoms with E-state index in [0.717, 1.165) is 18.4 Å². The number of benzene rings is 1. The normalized spacial score (nSPS) is 15.8. The van der Waals surface area contributed by atoms with Gasteiger partial charge >= 0.3 is 0 Å². The van der Waals surface area contributed by atoms with E-state index in [0.29, 0.717) is 6.42 Å². The van der Waals surface area contributed by atoms with Crippen LogP contribution in [0.4, 0.5) is 0 Å². The van der Waals surface area contributed by atoms with E-state index < -0.39 is 0 Å². The first-order valence-electron chi connectivity index (χ1n) is 7.17. The van der Waals surface area contributed by atoms with Gasteiger partial charge in [-0.3, -0.25) is 4.79 Å². The van der Waals surface area contributed by atoms with Crippen molar-refractivity contribution in [3.63, 3.8) is 0 Å². The Labute approximate surface area is 122 Å². The fourth-order valence-electron chi connectivity index (χ4n) is 2.57. The van der Waals surface area contributed by atoms with Crippen molar-refractivity contribution in [3.05, 3.63) is 35.9 Å². The Morgan fingerprint density at radius 3 is 2.37 bits per heavy atom. The average molecular weight is 282 g/mol. The second-order valence-corrected chi connectivity index (χ2v) is 5.15. The van der Waals surface area contributed by atoms with Crippen molar-refractivity contribution in [2.45, 2.75) is 38.5 Å². The van der Waals surface area contributed by atoms with E-state index >= 15 is 0 Å². The second kappa shape index (κ2) is 9.11. The number of ketones is 1. The number of hydrogen-bond donors (Lipinski definition) is 0. The van der Waals surface area contributed by atoms with Gasteiger partial charge in [0.15, 0.2) is 5.78 Å².